The molecule has 1 saturated heterocycles. The number of amides is 2. The maximum atomic E-state index is 13.0. The summed E-state index contributed by atoms with van der Waals surface area (Å²) in [5, 5.41) is 2.98. The molecule has 4 rings (SSSR count). The zero-order chi connectivity index (χ0) is 22.7. The topological polar surface area (TPSA) is 103 Å². The third-order valence-corrected chi connectivity index (χ3v) is 8.09. The zero-order valence-electron chi connectivity index (χ0n) is 18.3. The Balaban J connectivity index is 1.40. The SMILES string of the molecule is CN(CC(=O)NC1CCCc2ccccc21)S(=O)(=O)c1c[nH]c(C(=O)N2CCCCC2)c1. The highest BCUT2D eigenvalue weighted by atomic mass is 32.2. The molecule has 1 atom stereocenters. The van der Waals surface area contributed by atoms with Gasteiger partial charge in [0.1, 0.15) is 10.6 Å². The van der Waals surface area contributed by atoms with Crippen LogP contribution in [-0.4, -0.2) is 61.1 Å². The van der Waals surface area contributed by atoms with Gasteiger partial charge in [0.05, 0.1) is 12.6 Å². The van der Waals surface area contributed by atoms with Crippen molar-refractivity contribution in [2.45, 2.75) is 49.5 Å². The highest BCUT2D eigenvalue weighted by molar-refractivity contribution is 7.89. The lowest BCUT2D eigenvalue weighted by Crippen LogP contribution is -2.40. The van der Waals surface area contributed by atoms with Crippen LogP contribution in [0, 0.1) is 0 Å². The number of H-pyrrole nitrogens is 1. The van der Waals surface area contributed by atoms with Gasteiger partial charge < -0.3 is 15.2 Å². The molecule has 32 heavy (non-hydrogen) atoms. The van der Waals surface area contributed by atoms with E-state index < -0.39 is 10.0 Å². The number of hydrogen-bond acceptors (Lipinski definition) is 4. The van der Waals surface area contributed by atoms with Gasteiger partial charge in [-0.15, -0.1) is 0 Å². The summed E-state index contributed by atoms with van der Waals surface area (Å²) < 4.78 is 27.0. The van der Waals surface area contributed by atoms with E-state index in [1.165, 1.54) is 24.9 Å². The number of likely N-dealkylation sites (N-methyl/N-ethyl adjacent to an activating group) is 1. The van der Waals surface area contributed by atoms with Crippen LogP contribution in [0.25, 0.3) is 0 Å². The third kappa shape index (κ3) is 4.73. The van der Waals surface area contributed by atoms with Gasteiger partial charge in [-0.2, -0.15) is 4.31 Å². The highest BCUT2D eigenvalue weighted by Crippen LogP contribution is 2.29. The van der Waals surface area contributed by atoms with Gasteiger partial charge in [-0.1, -0.05) is 24.3 Å². The van der Waals surface area contributed by atoms with E-state index in [0.717, 1.165) is 48.4 Å². The fraction of sp³-hybridized carbons (Fsp3) is 0.478. The minimum absolute atomic E-state index is 0.0174. The van der Waals surface area contributed by atoms with Crippen molar-refractivity contribution in [1.29, 1.82) is 0 Å². The monoisotopic (exact) mass is 458 g/mol. The molecule has 8 nitrogen and oxygen atoms in total. The van der Waals surface area contributed by atoms with Crippen molar-refractivity contribution in [3.8, 4) is 0 Å². The molecule has 1 unspecified atom stereocenters. The molecule has 0 bridgehead atoms. The maximum Gasteiger partial charge on any atom is 0.270 e. The Kier molecular flexibility index (Phi) is 6.66. The molecular weight excluding hydrogens is 428 g/mol. The molecule has 0 radical (unpaired) electrons. The zero-order valence-corrected chi connectivity index (χ0v) is 19.2. The summed E-state index contributed by atoms with van der Waals surface area (Å²) in [6, 6.07) is 9.28. The molecule has 2 aromatic rings. The lowest BCUT2D eigenvalue weighted by molar-refractivity contribution is -0.122. The van der Waals surface area contributed by atoms with E-state index in [1.54, 1.807) is 4.90 Å². The summed E-state index contributed by atoms with van der Waals surface area (Å²) in [7, 11) is -2.53. The van der Waals surface area contributed by atoms with E-state index in [-0.39, 0.29) is 35.0 Å². The molecule has 0 saturated carbocycles. The summed E-state index contributed by atoms with van der Waals surface area (Å²) in [4.78, 5) is 29.8. The second kappa shape index (κ2) is 9.46. The van der Waals surface area contributed by atoms with Gasteiger partial charge in [0.15, 0.2) is 0 Å². The van der Waals surface area contributed by atoms with E-state index in [2.05, 4.69) is 16.4 Å². The Morgan fingerprint density at radius 3 is 2.69 bits per heavy atom. The van der Waals surface area contributed by atoms with E-state index >= 15 is 0 Å². The number of aryl methyl sites for hydroxylation is 1. The fourth-order valence-corrected chi connectivity index (χ4v) is 5.65. The van der Waals surface area contributed by atoms with Gasteiger partial charge in [-0.3, -0.25) is 9.59 Å². The Bertz CT molecular complexity index is 1090. The normalized spacial score (nSPS) is 18.9. The first-order chi connectivity index (χ1) is 15.4. The van der Waals surface area contributed by atoms with Gasteiger partial charge in [0.25, 0.3) is 5.91 Å². The smallest absolute Gasteiger partial charge is 0.270 e. The van der Waals surface area contributed by atoms with Crippen LogP contribution in [0.3, 0.4) is 0 Å². The van der Waals surface area contributed by atoms with E-state index in [0.29, 0.717) is 13.1 Å². The average Bonchev–Trinajstić information content (AvgIpc) is 3.30. The van der Waals surface area contributed by atoms with Crippen LogP contribution in [0.15, 0.2) is 41.4 Å². The van der Waals surface area contributed by atoms with Crippen LogP contribution in [0.2, 0.25) is 0 Å². The van der Waals surface area contributed by atoms with Crippen molar-refractivity contribution in [3.63, 3.8) is 0 Å². The number of nitrogens with zero attached hydrogens (tertiary/aromatic N) is 2. The van der Waals surface area contributed by atoms with Crippen molar-refractivity contribution in [2.24, 2.45) is 0 Å². The number of aromatic amines is 1. The molecule has 2 aliphatic rings. The molecule has 2 N–H and O–H groups in total. The minimum atomic E-state index is -3.91. The molecule has 1 fully saturated rings. The highest BCUT2D eigenvalue weighted by Gasteiger charge is 2.28. The molecule has 1 aliphatic heterocycles. The van der Waals surface area contributed by atoms with E-state index in [9.17, 15) is 18.0 Å². The van der Waals surface area contributed by atoms with Crippen LogP contribution in [-0.2, 0) is 21.2 Å². The van der Waals surface area contributed by atoms with Crippen LogP contribution in [0.1, 0.15) is 59.8 Å². The first-order valence-electron chi connectivity index (χ1n) is 11.2. The predicted octanol–water partition coefficient (Wildman–Crippen LogP) is 2.46. The van der Waals surface area contributed by atoms with Crippen molar-refractivity contribution in [1.82, 2.24) is 19.5 Å². The Hall–Kier alpha value is -2.65. The Morgan fingerprint density at radius 1 is 1.16 bits per heavy atom. The van der Waals surface area contributed by atoms with E-state index in [1.807, 2.05) is 18.2 Å². The first-order valence-corrected chi connectivity index (χ1v) is 12.6. The first kappa shape index (κ1) is 22.5. The lowest BCUT2D eigenvalue weighted by atomic mass is 9.88. The summed E-state index contributed by atoms with van der Waals surface area (Å²) in [5.74, 6) is -0.541. The number of carbonyl (C=O) groups excluding carboxylic acids is 2. The van der Waals surface area contributed by atoms with Crippen LogP contribution in [0.4, 0.5) is 0 Å². The molecule has 1 aromatic heterocycles. The molecule has 9 heteroatoms. The average molecular weight is 459 g/mol. The number of benzene rings is 1. The van der Waals surface area contributed by atoms with Crippen LogP contribution < -0.4 is 5.32 Å². The Morgan fingerprint density at radius 2 is 1.91 bits per heavy atom. The number of hydrogen-bond donors (Lipinski definition) is 2. The van der Waals surface area contributed by atoms with E-state index in [4.69, 9.17) is 0 Å². The lowest BCUT2D eigenvalue weighted by Gasteiger charge is -2.27. The summed E-state index contributed by atoms with van der Waals surface area (Å²) in [6.07, 6.45) is 7.14. The predicted molar refractivity (Wildman–Crippen MR) is 121 cm³/mol. The van der Waals surface area contributed by atoms with Gasteiger partial charge >= 0.3 is 0 Å². The number of carbonyl (C=O) groups is 2. The summed E-state index contributed by atoms with van der Waals surface area (Å²) in [5.41, 5.74) is 2.58. The van der Waals surface area contributed by atoms with Crippen LogP contribution >= 0.6 is 0 Å². The van der Waals surface area contributed by atoms with Crippen LogP contribution in [0.5, 0.6) is 0 Å². The number of aromatic nitrogens is 1. The number of fused-ring (bicyclic) bond motifs is 1. The number of likely N-dealkylation sites (tertiary alicyclic amines) is 1. The van der Waals surface area contributed by atoms with Crippen molar-refractivity contribution in [3.05, 3.63) is 53.3 Å². The van der Waals surface area contributed by atoms with Gasteiger partial charge in [0.2, 0.25) is 15.9 Å². The van der Waals surface area contributed by atoms with Crippen molar-refractivity contribution >= 4 is 21.8 Å². The molecular formula is C23H30N4O4S. The third-order valence-electron chi connectivity index (χ3n) is 6.31. The summed E-state index contributed by atoms with van der Waals surface area (Å²) >= 11 is 0. The Labute approximate surface area is 189 Å². The van der Waals surface area contributed by atoms with Gasteiger partial charge in [-0.05, 0) is 55.7 Å². The van der Waals surface area contributed by atoms with Crippen molar-refractivity contribution < 1.29 is 18.0 Å². The second-order valence-corrected chi connectivity index (χ2v) is 10.6. The number of sulfonamides is 1. The standard InChI is InChI=1S/C23H30N4O4S/c1-26(16-22(28)25-20-11-7-9-17-8-3-4-10-19(17)20)32(30,31)18-14-21(24-15-18)23(29)27-12-5-2-6-13-27/h3-4,8,10,14-15,20,24H,2,5-7,9,11-13,16H2,1H3,(H,25,28). The number of rotatable bonds is 6. The molecule has 2 amide bonds. The van der Waals surface area contributed by atoms with Gasteiger partial charge in [-0.25, -0.2) is 8.42 Å². The molecule has 1 aliphatic carbocycles. The molecule has 0 spiro atoms. The second-order valence-electron chi connectivity index (χ2n) is 8.57. The number of nitrogens with one attached hydrogen (secondary N) is 2. The largest absolute Gasteiger partial charge is 0.356 e. The molecule has 2 heterocycles. The van der Waals surface area contributed by atoms with Gasteiger partial charge in [0, 0.05) is 26.3 Å². The minimum Gasteiger partial charge on any atom is -0.356 e. The quantitative estimate of drug-likeness (QED) is 0.694. The fourth-order valence-electron chi connectivity index (χ4n) is 4.53. The summed E-state index contributed by atoms with van der Waals surface area (Å²) in [6.45, 7) is 1.08. The molecule has 1 aromatic carbocycles. The van der Waals surface area contributed by atoms with Crippen molar-refractivity contribution in [2.75, 3.05) is 26.7 Å². The molecule has 172 valence electrons. The maximum absolute atomic E-state index is 13.0. The number of piperidine rings is 1.